The molecule has 118 valence electrons. The summed E-state index contributed by atoms with van der Waals surface area (Å²) in [6, 6.07) is 4.34. The molecule has 0 spiro atoms. The van der Waals surface area contributed by atoms with Crippen molar-refractivity contribution in [1.29, 1.82) is 0 Å². The van der Waals surface area contributed by atoms with Crippen LogP contribution >= 0.6 is 0 Å². The molecule has 1 fully saturated rings. The molecule has 0 bridgehead atoms. The van der Waals surface area contributed by atoms with Crippen molar-refractivity contribution < 1.29 is 13.2 Å². The van der Waals surface area contributed by atoms with Crippen LogP contribution in [-0.4, -0.2) is 13.1 Å². The second-order valence-electron chi connectivity index (χ2n) is 5.92. The van der Waals surface area contributed by atoms with Gasteiger partial charge in [-0.15, -0.1) is 0 Å². The van der Waals surface area contributed by atoms with Gasteiger partial charge in [0.2, 0.25) is 0 Å². The van der Waals surface area contributed by atoms with Gasteiger partial charge in [0.05, 0.1) is 5.56 Å². The van der Waals surface area contributed by atoms with Gasteiger partial charge in [0.15, 0.2) is 0 Å². The molecular weight excluding hydrogens is 277 g/mol. The number of anilines is 1. The van der Waals surface area contributed by atoms with Gasteiger partial charge in [0.1, 0.15) is 0 Å². The molecule has 1 aliphatic heterocycles. The van der Waals surface area contributed by atoms with E-state index in [0.29, 0.717) is 5.41 Å². The van der Waals surface area contributed by atoms with E-state index in [1.165, 1.54) is 0 Å². The molecular formula is C16H23F3N2. The Morgan fingerprint density at radius 3 is 2.38 bits per heavy atom. The topological polar surface area (TPSA) is 29.3 Å². The zero-order valence-electron chi connectivity index (χ0n) is 12.6. The van der Waals surface area contributed by atoms with Crippen molar-refractivity contribution in [2.75, 3.05) is 18.0 Å². The van der Waals surface area contributed by atoms with Gasteiger partial charge in [-0.05, 0) is 48.4 Å². The summed E-state index contributed by atoms with van der Waals surface area (Å²) in [5.41, 5.74) is 6.20. The largest absolute Gasteiger partial charge is 0.416 e. The van der Waals surface area contributed by atoms with E-state index in [2.05, 4.69) is 18.7 Å². The predicted octanol–water partition coefficient (Wildman–Crippen LogP) is 4.18. The highest BCUT2D eigenvalue weighted by Gasteiger charge is 2.36. The summed E-state index contributed by atoms with van der Waals surface area (Å²) < 4.78 is 38.7. The molecule has 0 aromatic heterocycles. The third kappa shape index (κ3) is 3.18. The Bertz CT molecular complexity index is 493. The highest BCUT2D eigenvalue weighted by Crippen LogP contribution is 2.40. The lowest BCUT2D eigenvalue weighted by molar-refractivity contribution is -0.138. The minimum absolute atomic E-state index is 0.0940. The molecule has 1 aromatic rings. The van der Waals surface area contributed by atoms with Crippen LogP contribution in [0.3, 0.4) is 0 Å². The van der Waals surface area contributed by atoms with Crippen LogP contribution in [0.2, 0.25) is 0 Å². The van der Waals surface area contributed by atoms with Crippen LogP contribution in [0.4, 0.5) is 18.9 Å². The summed E-state index contributed by atoms with van der Waals surface area (Å²) in [6.07, 6.45) is -1.04. The Morgan fingerprint density at radius 2 is 1.90 bits per heavy atom. The minimum atomic E-state index is -4.34. The third-order valence-corrected chi connectivity index (χ3v) is 4.92. The van der Waals surface area contributed by atoms with Gasteiger partial charge < -0.3 is 10.6 Å². The van der Waals surface area contributed by atoms with Crippen LogP contribution in [0.15, 0.2) is 18.2 Å². The number of rotatable bonds is 4. The average molecular weight is 300 g/mol. The molecule has 21 heavy (non-hydrogen) atoms. The lowest BCUT2D eigenvalue weighted by Gasteiger charge is -2.27. The van der Waals surface area contributed by atoms with E-state index in [1.807, 2.05) is 0 Å². The van der Waals surface area contributed by atoms with Crippen molar-refractivity contribution >= 4 is 5.69 Å². The average Bonchev–Trinajstić information content (AvgIpc) is 2.91. The molecule has 0 radical (unpaired) electrons. The van der Waals surface area contributed by atoms with E-state index in [-0.39, 0.29) is 12.1 Å². The summed E-state index contributed by atoms with van der Waals surface area (Å²) in [4.78, 5) is 2.19. The number of hydrogen-bond donors (Lipinski definition) is 1. The van der Waals surface area contributed by atoms with E-state index in [9.17, 15) is 13.2 Å². The lowest BCUT2D eigenvalue weighted by Crippen LogP contribution is -2.26. The summed E-state index contributed by atoms with van der Waals surface area (Å²) in [5, 5.41) is 0. The van der Waals surface area contributed by atoms with E-state index in [1.54, 1.807) is 12.1 Å². The molecule has 1 aliphatic rings. The number of benzene rings is 1. The fourth-order valence-electron chi connectivity index (χ4n) is 3.20. The standard InChI is InChI=1S/C16H23F3N2/c1-3-15(4-2)7-8-21(11-15)13-5-6-14(16(17,18)19)12(9-13)10-20/h5-6,9H,3-4,7-8,10-11,20H2,1-2H3. The molecule has 1 saturated heterocycles. The first-order chi connectivity index (χ1) is 9.85. The maximum absolute atomic E-state index is 12.9. The number of halogens is 3. The molecule has 1 aromatic carbocycles. The molecule has 0 saturated carbocycles. The van der Waals surface area contributed by atoms with Gasteiger partial charge in [-0.3, -0.25) is 0 Å². The highest BCUT2D eigenvalue weighted by molar-refractivity contribution is 5.53. The number of hydrogen-bond acceptors (Lipinski definition) is 2. The van der Waals surface area contributed by atoms with Crippen LogP contribution in [0, 0.1) is 5.41 Å². The Hall–Kier alpha value is -1.23. The Labute approximate surface area is 124 Å². The van der Waals surface area contributed by atoms with Crippen LogP contribution in [0.5, 0.6) is 0 Å². The first-order valence-electron chi connectivity index (χ1n) is 7.50. The number of alkyl halides is 3. The quantitative estimate of drug-likeness (QED) is 0.904. The Morgan fingerprint density at radius 1 is 1.24 bits per heavy atom. The first-order valence-corrected chi connectivity index (χ1v) is 7.50. The first kappa shape index (κ1) is 16.1. The molecule has 0 aliphatic carbocycles. The van der Waals surface area contributed by atoms with E-state index in [4.69, 9.17) is 5.73 Å². The van der Waals surface area contributed by atoms with Crippen LogP contribution in [0.25, 0.3) is 0 Å². The van der Waals surface area contributed by atoms with Crippen molar-refractivity contribution in [1.82, 2.24) is 0 Å². The van der Waals surface area contributed by atoms with Gasteiger partial charge in [-0.25, -0.2) is 0 Å². The van der Waals surface area contributed by atoms with Crippen LogP contribution < -0.4 is 10.6 Å². The van der Waals surface area contributed by atoms with Gasteiger partial charge in [-0.2, -0.15) is 13.2 Å². The normalized spacial score (nSPS) is 18.3. The Balaban J connectivity index is 2.27. The van der Waals surface area contributed by atoms with Crippen molar-refractivity contribution in [2.24, 2.45) is 11.1 Å². The van der Waals surface area contributed by atoms with Crippen LogP contribution in [-0.2, 0) is 12.7 Å². The molecule has 5 heteroatoms. The van der Waals surface area contributed by atoms with Crippen molar-refractivity contribution in [3.8, 4) is 0 Å². The zero-order chi connectivity index (χ0) is 15.7. The molecule has 2 N–H and O–H groups in total. The fourth-order valence-corrected chi connectivity index (χ4v) is 3.20. The third-order valence-electron chi connectivity index (χ3n) is 4.92. The fraction of sp³-hybridized carbons (Fsp3) is 0.625. The van der Waals surface area contributed by atoms with Crippen molar-refractivity contribution in [2.45, 2.75) is 45.8 Å². The Kier molecular flexibility index (Phi) is 4.51. The van der Waals surface area contributed by atoms with E-state index >= 15 is 0 Å². The monoisotopic (exact) mass is 300 g/mol. The zero-order valence-corrected chi connectivity index (χ0v) is 12.6. The van der Waals surface area contributed by atoms with Gasteiger partial charge in [0, 0.05) is 25.3 Å². The summed E-state index contributed by atoms with van der Waals surface area (Å²) in [6.45, 7) is 6.09. The molecule has 0 amide bonds. The predicted molar refractivity (Wildman–Crippen MR) is 79.2 cm³/mol. The number of nitrogens with zero attached hydrogens (tertiary/aromatic N) is 1. The molecule has 1 heterocycles. The molecule has 2 nitrogen and oxygen atoms in total. The van der Waals surface area contributed by atoms with E-state index in [0.717, 1.165) is 44.1 Å². The van der Waals surface area contributed by atoms with E-state index < -0.39 is 11.7 Å². The maximum Gasteiger partial charge on any atom is 0.416 e. The summed E-state index contributed by atoms with van der Waals surface area (Å²) in [5.74, 6) is 0. The minimum Gasteiger partial charge on any atom is -0.371 e. The molecule has 0 atom stereocenters. The van der Waals surface area contributed by atoms with Gasteiger partial charge >= 0.3 is 6.18 Å². The smallest absolute Gasteiger partial charge is 0.371 e. The molecule has 2 rings (SSSR count). The SMILES string of the molecule is CCC1(CC)CCN(c2ccc(C(F)(F)F)c(CN)c2)C1. The molecule has 0 unspecified atom stereocenters. The summed E-state index contributed by atoms with van der Waals surface area (Å²) in [7, 11) is 0. The van der Waals surface area contributed by atoms with Crippen molar-refractivity contribution in [3.05, 3.63) is 29.3 Å². The second-order valence-corrected chi connectivity index (χ2v) is 5.92. The second kappa shape index (κ2) is 5.87. The number of nitrogens with two attached hydrogens (primary N) is 1. The van der Waals surface area contributed by atoms with Gasteiger partial charge in [-0.1, -0.05) is 13.8 Å². The highest BCUT2D eigenvalue weighted by atomic mass is 19.4. The van der Waals surface area contributed by atoms with Crippen molar-refractivity contribution in [3.63, 3.8) is 0 Å². The van der Waals surface area contributed by atoms with Gasteiger partial charge in [0.25, 0.3) is 0 Å². The lowest BCUT2D eigenvalue weighted by atomic mass is 9.82. The maximum atomic E-state index is 12.9. The van der Waals surface area contributed by atoms with Crippen LogP contribution in [0.1, 0.15) is 44.2 Å². The summed E-state index contributed by atoms with van der Waals surface area (Å²) >= 11 is 0.